The highest BCUT2D eigenvalue weighted by Gasteiger charge is 2.61. The highest BCUT2D eigenvalue weighted by Crippen LogP contribution is 2.68. The summed E-state index contributed by atoms with van der Waals surface area (Å²) in [7, 11) is 0. The zero-order chi connectivity index (χ0) is 12.9. The van der Waals surface area contributed by atoms with E-state index >= 15 is 0 Å². The van der Waals surface area contributed by atoms with E-state index in [0.29, 0.717) is 12.5 Å². The van der Waals surface area contributed by atoms with E-state index in [-0.39, 0.29) is 0 Å². The quantitative estimate of drug-likeness (QED) is 0.698. The molecular weight excluding hydrogens is 220 g/mol. The maximum atomic E-state index is 9.38. The summed E-state index contributed by atoms with van der Waals surface area (Å²) in [6, 6.07) is 0. The highest BCUT2D eigenvalue weighted by molar-refractivity contribution is 5.10. The van der Waals surface area contributed by atoms with Crippen molar-refractivity contribution in [1.82, 2.24) is 0 Å². The summed E-state index contributed by atoms with van der Waals surface area (Å²) in [5.74, 6) is 7.85. The molecular formula is C17H30O. The monoisotopic (exact) mass is 250 g/mol. The molecule has 0 aromatic rings. The first-order valence-electron chi connectivity index (χ1n) is 8.22. The first-order chi connectivity index (χ1) is 8.61. The van der Waals surface area contributed by atoms with Crippen LogP contribution in [-0.2, 0) is 0 Å². The van der Waals surface area contributed by atoms with E-state index in [2.05, 4.69) is 20.8 Å². The second-order valence-electron chi connectivity index (χ2n) is 8.06. The van der Waals surface area contributed by atoms with Crippen molar-refractivity contribution in [2.45, 2.75) is 52.9 Å². The normalized spacial score (nSPS) is 51.5. The third-order valence-corrected chi connectivity index (χ3v) is 6.11. The summed E-state index contributed by atoms with van der Waals surface area (Å²) < 4.78 is 0. The van der Waals surface area contributed by atoms with Crippen molar-refractivity contribution >= 4 is 0 Å². The SMILES string of the molecule is CC(C)C.OCC1CC2CC1C1C3CCC(C3)C21. The van der Waals surface area contributed by atoms with Gasteiger partial charge in [0.25, 0.3) is 0 Å². The second kappa shape index (κ2) is 4.81. The Hall–Kier alpha value is -0.0400. The van der Waals surface area contributed by atoms with Gasteiger partial charge in [0.2, 0.25) is 0 Å². The molecule has 0 saturated heterocycles. The van der Waals surface area contributed by atoms with Crippen LogP contribution in [0.3, 0.4) is 0 Å². The standard InChI is InChI=1S/C13H20O.C4H10/c14-6-10-4-9-5-11(10)13-8-2-1-7(3-8)12(9)13;1-4(2)3/h7-14H,1-6H2;4H,1-3H3. The van der Waals surface area contributed by atoms with E-state index in [4.69, 9.17) is 0 Å². The van der Waals surface area contributed by atoms with Gasteiger partial charge in [-0.15, -0.1) is 0 Å². The molecule has 4 rings (SSSR count). The van der Waals surface area contributed by atoms with E-state index in [1.165, 1.54) is 19.3 Å². The molecule has 4 aliphatic rings. The van der Waals surface area contributed by atoms with Crippen LogP contribution in [0.1, 0.15) is 52.9 Å². The molecule has 1 N–H and O–H groups in total. The summed E-state index contributed by atoms with van der Waals surface area (Å²) in [5, 5.41) is 9.38. The number of hydrogen-bond acceptors (Lipinski definition) is 1. The van der Waals surface area contributed by atoms with Crippen LogP contribution in [-0.4, -0.2) is 11.7 Å². The van der Waals surface area contributed by atoms with Gasteiger partial charge >= 0.3 is 0 Å². The van der Waals surface area contributed by atoms with Crippen LogP contribution in [0.4, 0.5) is 0 Å². The van der Waals surface area contributed by atoms with Crippen molar-refractivity contribution in [3.8, 4) is 0 Å². The van der Waals surface area contributed by atoms with E-state index in [0.717, 1.165) is 41.4 Å². The van der Waals surface area contributed by atoms with Gasteiger partial charge in [-0.2, -0.15) is 0 Å². The second-order valence-corrected chi connectivity index (χ2v) is 8.06. The Kier molecular flexibility index (Phi) is 3.47. The summed E-state index contributed by atoms with van der Waals surface area (Å²) in [6.45, 7) is 6.97. The molecule has 18 heavy (non-hydrogen) atoms. The van der Waals surface area contributed by atoms with Crippen molar-refractivity contribution in [3.05, 3.63) is 0 Å². The number of hydrogen-bond donors (Lipinski definition) is 1. The number of fused-ring (bicyclic) bond motifs is 9. The fourth-order valence-electron chi connectivity index (χ4n) is 5.91. The molecule has 7 unspecified atom stereocenters. The van der Waals surface area contributed by atoms with Crippen LogP contribution in [0.15, 0.2) is 0 Å². The predicted molar refractivity (Wildman–Crippen MR) is 75.1 cm³/mol. The topological polar surface area (TPSA) is 20.2 Å². The lowest BCUT2D eigenvalue weighted by molar-refractivity contribution is 0.0718. The lowest BCUT2D eigenvalue weighted by atomic mass is 9.68. The lowest BCUT2D eigenvalue weighted by Gasteiger charge is -2.38. The van der Waals surface area contributed by atoms with Crippen LogP contribution in [0.5, 0.6) is 0 Å². The smallest absolute Gasteiger partial charge is 0.0462 e. The first kappa shape index (κ1) is 13.0. The van der Waals surface area contributed by atoms with Crippen LogP contribution >= 0.6 is 0 Å². The number of aliphatic hydroxyl groups is 1. The average Bonchev–Trinajstić information content (AvgIpc) is 3.05. The van der Waals surface area contributed by atoms with Crippen molar-refractivity contribution in [2.24, 2.45) is 47.3 Å². The fourth-order valence-corrected chi connectivity index (χ4v) is 5.91. The molecule has 4 saturated carbocycles. The first-order valence-corrected chi connectivity index (χ1v) is 8.22. The molecule has 104 valence electrons. The Bertz CT molecular complexity index is 295. The van der Waals surface area contributed by atoms with Gasteiger partial charge in [-0.3, -0.25) is 0 Å². The Labute approximate surface area is 112 Å². The molecule has 7 atom stereocenters. The molecule has 0 aromatic carbocycles. The van der Waals surface area contributed by atoms with E-state index < -0.39 is 0 Å². The zero-order valence-corrected chi connectivity index (χ0v) is 12.3. The molecule has 0 aromatic heterocycles. The Balaban J connectivity index is 0.000000223. The summed E-state index contributed by atoms with van der Waals surface area (Å²) >= 11 is 0. The minimum absolute atomic E-state index is 0.474. The van der Waals surface area contributed by atoms with Gasteiger partial charge in [-0.1, -0.05) is 20.8 Å². The van der Waals surface area contributed by atoms with Gasteiger partial charge < -0.3 is 5.11 Å². The van der Waals surface area contributed by atoms with E-state index in [1.54, 1.807) is 12.8 Å². The summed E-state index contributed by atoms with van der Waals surface area (Å²) in [4.78, 5) is 0. The minimum atomic E-state index is 0.474. The third-order valence-electron chi connectivity index (χ3n) is 6.11. The van der Waals surface area contributed by atoms with Crippen LogP contribution < -0.4 is 0 Å². The Morgan fingerprint density at radius 3 is 2.11 bits per heavy atom. The van der Waals surface area contributed by atoms with Gasteiger partial charge in [0.15, 0.2) is 0 Å². The largest absolute Gasteiger partial charge is 0.396 e. The molecule has 4 bridgehead atoms. The van der Waals surface area contributed by atoms with Crippen molar-refractivity contribution in [3.63, 3.8) is 0 Å². The molecule has 4 fully saturated rings. The van der Waals surface area contributed by atoms with E-state index in [1.807, 2.05) is 0 Å². The summed E-state index contributed by atoms with van der Waals surface area (Å²) in [6.07, 6.45) is 7.46. The third kappa shape index (κ3) is 1.94. The molecule has 0 radical (unpaired) electrons. The zero-order valence-electron chi connectivity index (χ0n) is 12.3. The van der Waals surface area contributed by atoms with E-state index in [9.17, 15) is 5.11 Å². The number of aliphatic hydroxyl groups excluding tert-OH is 1. The summed E-state index contributed by atoms with van der Waals surface area (Å²) in [5.41, 5.74) is 0. The molecule has 1 nitrogen and oxygen atoms in total. The maximum Gasteiger partial charge on any atom is 0.0462 e. The Morgan fingerprint density at radius 2 is 1.50 bits per heavy atom. The van der Waals surface area contributed by atoms with Crippen LogP contribution in [0, 0.1) is 47.3 Å². The molecule has 0 aliphatic heterocycles. The van der Waals surface area contributed by atoms with Crippen molar-refractivity contribution < 1.29 is 5.11 Å². The minimum Gasteiger partial charge on any atom is -0.396 e. The predicted octanol–water partition coefficient (Wildman–Crippen LogP) is 3.96. The molecule has 1 heteroatoms. The van der Waals surface area contributed by atoms with Crippen LogP contribution in [0.25, 0.3) is 0 Å². The Morgan fingerprint density at radius 1 is 0.889 bits per heavy atom. The molecule has 0 amide bonds. The van der Waals surface area contributed by atoms with Gasteiger partial charge in [-0.25, -0.2) is 0 Å². The van der Waals surface area contributed by atoms with Gasteiger partial charge in [0.05, 0.1) is 0 Å². The fraction of sp³-hybridized carbons (Fsp3) is 1.00. The number of rotatable bonds is 1. The maximum absolute atomic E-state index is 9.38. The molecule has 4 aliphatic carbocycles. The van der Waals surface area contributed by atoms with Crippen molar-refractivity contribution in [2.75, 3.05) is 6.61 Å². The molecule has 0 heterocycles. The van der Waals surface area contributed by atoms with Crippen molar-refractivity contribution in [1.29, 1.82) is 0 Å². The molecule has 0 spiro atoms. The van der Waals surface area contributed by atoms with Gasteiger partial charge in [0, 0.05) is 6.61 Å². The van der Waals surface area contributed by atoms with Gasteiger partial charge in [0.1, 0.15) is 0 Å². The lowest BCUT2D eigenvalue weighted by Crippen LogP contribution is -2.33. The van der Waals surface area contributed by atoms with Crippen LogP contribution in [0.2, 0.25) is 0 Å². The average molecular weight is 250 g/mol. The van der Waals surface area contributed by atoms with Gasteiger partial charge in [-0.05, 0) is 79.4 Å². The highest BCUT2D eigenvalue weighted by atomic mass is 16.3.